The highest BCUT2D eigenvalue weighted by atomic mass is 35.5. The second kappa shape index (κ2) is 3.40. The molecular weight excluding hydrogens is 138 g/mol. The van der Waals surface area contributed by atoms with Gasteiger partial charge in [0.15, 0.2) is 0 Å². The molecule has 0 bridgehead atoms. The summed E-state index contributed by atoms with van der Waals surface area (Å²) in [7, 11) is 1.96. The van der Waals surface area contributed by atoms with Gasteiger partial charge in [0.2, 0.25) is 0 Å². The monoisotopic (exact) mass is 151 g/mol. The summed E-state index contributed by atoms with van der Waals surface area (Å²) in [5.41, 5.74) is 0.342. The maximum Gasteiger partial charge on any atom is 0.0448 e. The second-order valence-electron chi connectivity index (χ2n) is 2.50. The van der Waals surface area contributed by atoms with E-state index in [1.807, 2.05) is 7.05 Å². The van der Waals surface area contributed by atoms with Crippen molar-refractivity contribution in [1.82, 2.24) is 5.32 Å². The highest BCUT2D eigenvalue weighted by Crippen LogP contribution is 2.37. The highest BCUT2D eigenvalue weighted by molar-refractivity contribution is 5.85. The number of halogens is 1. The standard InChI is InChI=1S/C6H13NO.ClH/c1-7-6(2-3-6)4-5-8;/h7-8H,2-5H2,1H3;1H. The number of hydrogen-bond acceptors (Lipinski definition) is 2. The molecule has 0 aromatic rings. The van der Waals surface area contributed by atoms with Gasteiger partial charge in [-0.15, -0.1) is 12.4 Å². The van der Waals surface area contributed by atoms with Crippen molar-refractivity contribution >= 4 is 12.4 Å². The quantitative estimate of drug-likeness (QED) is 0.618. The highest BCUT2D eigenvalue weighted by Gasteiger charge is 2.39. The molecule has 1 fully saturated rings. The maximum absolute atomic E-state index is 8.53. The van der Waals surface area contributed by atoms with Crippen LogP contribution in [-0.2, 0) is 0 Å². The fraction of sp³-hybridized carbons (Fsp3) is 1.00. The Bertz CT molecular complexity index is 83.1. The minimum Gasteiger partial charge on any atom is -0.396 e. The summed E-state index contributed by atoms with van der Waals surface area (Å²) in [6.45, 7) is 0.320. The number of rotatable bonds is 3. The molecular formula is C6H14ClNO. The Morgan fingerprint density at radius 2 is 2.11 bits per heavy atom. The first-order valence-corrected chi connectivity index (χ1v) is 3.13. The summed E-state index contributed by atoms with van der Waals surface area (Å²) in [4.78, 5) is 0. The summed E-state index contributed by atoms with van der Waals surface area (Å²) in [6, 6.07) is 0. The lowest BCUT2D eigenvalue weighted by atomic mass is 10.2. The van der Waals surface area contributed by atoms with Crippen molar-refractivity contribution in [3.05, 3.63) is 0 Å². The van der Waals surface area contributed by atoms with Crippen molar-refractivity contribution in [2.45, 2.75) is 24.8 Å². The van der Waals surface area contributed by atoms with Crippen LogP contribution >= 0.6 is 12.4 Å². The number of aliphatic hydroxyl groups is 1. The molecule has 1 saturated carbocycles. The minimum absolute atomic E-state index is 0. The van der Waals surface area contributed by atoms with Gasteiger partial charge in [-0.05, 0) is 26.3 Å². The Labute approximate surface area is 62.1 Å². The average molecular weight is 152 g/mol. The van der Waals surface area contributed by atoms with Crippen molar-refractivity contribution in [3.63, 3.8) is 0 Å². The van der Waals surface area contributed by atoms with Gasteiger partial charge in [0.25, 0.3) is 0 Å². The van der Waals surface area contributed by atoms with E-state index in [0.29, 0.717) is 12.1 Å². The summed E-state index contributed by atoms with van der Waals surface area (Å²) in [6.07, 6.45) is 3.40. The first-order chi connectivity index (χ1) is 3.83. The third-order valence-electron chi connectivity index (χ3n) is 1.97. The van der Waals surface area contributed by atoms with Crippen molar-refractivity contribution in [3.8, 4) is 0 Å². The van der Waals surface area contributed by atoms with Crippen LogP contribution in [0.2, 0.25) is 0 Å². The van der Waals surface area contributed by atoms with E-state index in [9.17, 15) is 0 Å². The molecule has 56 valence electrons. The van der Waals surface area contributed by atoms with Crippen LogP contribution in [-0.4, -0.2) is 24.3 Å². The SMILES string of the molecule is CNC1(CCO)CC1.Cl. The van der Waals surface area contributed by atoms with Gasteiger partial charge in [0.1, 0.15) is 0 Å². The van der Waals surface area contributed by atoms with Crippen LogP contribution in [0.3, 0.4) is 0 Å². The van der Waals surface area contributed by atoms with Crippen LogP contribution in [0.15, 0.2) is 0 Å². The summed E-state index contributed by atoms with van der Waals surface area (Å²) in [5.74, 6) is 0. The van der Waals surface area contributed by atoms with Crippen molar-refractivity contribution in [2.75, 3.05) is 13.7 Å². The Hall–Kier alpha value is 0.210. The average Bonchev–Trinajstić information content (AvgIpc) is 2.50. The van der Waals surface area contributed by atoms with Gasteiger partial charge in [0, 0.05) is 12.1 Å². The van der Waals surface area contributed by atoms with E-state index in [0.717, 1.165) is 6.42 Å². The van der Waals surface area contributed by atoms with Crippen LogP contribution < -0.4 is 5.32 Å². The van der Waals surface area contributed by atoms with E-state index in [2.05, 4.69) is 5.32 Å². The zero-order valence-corrected chi connectivity index (χ0v) is 6.50. The Morgan fingerprint density at radius 1 is 1.56 bits per heavy atom. The first kappa shape index (κ1) is 9.21. The smallest absolute Gasteiger partial charge is 0.0448 e. The molecule has 0 spiro atoms. The molecule has 1 aliphatic rings. The van der Waals surface area contributed by atoms with Crippen molar-refractivity contribution < 1.29 is 5.11 Å². The molecule has 0 aromatic heterocycles. The molecule has 0 amide bonds. The predicted molar refractivity (Wildman–Crippen MR) is 40.0 cm³/mol. The van der Waals surface area contributed by atoms with Crippen LogP contribution in [0.25, 0.3) is 0 Å². The minimum atomic E-state index is 0. The number of hydrogen-bond donors (Lipinski definition) is 2. The van der Waals surface area contributed by atoms with Gasteiger partial charge in [-0.25, -0.2) is 0 Å². The molecule has 0 saturated heterocycles. The molecule has 0 unspecified atom stereocenters. The molecule has 3 heteroatoms. The molecule has 0 radical (unpaired) electrons. The lowest BCUT2D eigenvalue weighted by Gasteiger charge is -2.09. The molecule has 0 heterocycles. The van der Waals surface area contributed by atoms with Crippen molar-refractivity contribution in [2.24, 2.45) is 0 Å². The lowest BCUT2D eigenvalue weighted by molar-refractivity contribution is 0.262. The van der Waals surface area contributed by atoms with Gasteiger partial charge in [-0.3, -0.25) is 0 Å². The summed E-state index contributed by atoms with van der Waals surface area (Å²) in [5, 5.41) is 11.7. The topological polar surface area (TPSA) is 32.3 Å². The molecule has 0 aliphatic heterocycles. The Kier molecular flexibility index (Phi) is 3.48. The molecule has 0 atom stereocenters. The Balaban J connectivity index is 0.000000640. The fourth-order valence-electron chi connectivity index (χ4n) is 0.990. The number of aliphatic hydroxyl groups excluding tert-OH is 1. The first-order valence-electron chi connectivity index (χ1n) is 3.13. The molecule has 2 nitrogen and oxygen atoms in total. The molecule has 0 aromatic carbocycles. The van der Waals surface area contributed by atoms with Crippen LogP contribution in [0.5, 0.6) is 0 Å². The maximum atomic E-state index is 8.53. The molecule has 2 N–H and O–H groups in total. The zero-order chi connectivity index (χ0) is 6.04. The summed E-state index contributed by atoms with van der Waals surface area (Å²) >= 11 is 0. The zero-order valence-electron chi connectivity index (χ0n) is 5.68. The lowest BCUT2D eigenvalue weighted by Crippen LogP contribution is -2.27. The third kappa shape index (κ3) is 2.12. The molecule has 1 rings (SSSR count). The van der Waals surface area contributed by atoms with Gasteiger partial charge in [-0.2, -0.15) is 0 Å². The predicted octanol–water partition coefficient (Wildman–Crippen LogP) is 0.543. The van der Waals surface area contributed by atoms with E-state index in [4.69, 9.17) is 5.11 Å². The largest absolute Gasteiger partial charge is 0.396 e. The normalized spacial score (nSPS) is 20.7. The Morgan fingerprint density at radius 3 is 2.22 bits per heavy atom. The van der Waals surface area contributed by atoms with E-state index >= 15 is 0 Å². The number of nitrogens with one attached hydrogen (secondary N) is 1. The molecule has 9 heavy (non-hydrogen) atoms. The van der Waals surface area contributed by atoms with Gasteiger partial charge in [0.05, 0.1) is 0 Å². The van der Waals surface area contributed by atoms with E-state index in [1.54, 1.807) is 0 Å². The van der Waals surface area contributed by atoms with Crippen molar-refractivity contribution in [1.29, 1.82) is 0 Å². The van der Waals surface area contributed by atoms with Gasteiger partial charge >= 0.3 is 0 Å². The van der Waals surface area contributed by atoms with E-state index in [1.165, 1.54) is 12.8 Å². The van der Waals surface area contributed by atoms with Gasteiger partial charge in [-0.1, -0.05) is 0 Å². The second-order valence-corrected chi connectivity index (χ2v) is 2.50. The summed E-state index contributed by atoms with van der Waals surface area (Å²) < 4.78 is 0. The van der Waals surface area contributed by atoms with E-state index < -0.39 is 0 Å². The fourth-order valence-corrected chi connectivity index (χ4v) is 0.990. The third-order valence-corrected chi connectivity index (χ3v) is 1.97. The van der Waals surface area contributed by atoms with E-state index in [-0.39, 0.29) is 12.4 Å². The van der Waals surface area contributed by atoms with Crippen LogP contribution in [0.1, 0.15) is 19.3 Å². The van der Waals surface area contributed by atoms with Crippen LogP contribution in [0, 0.1) is 0 Å². The van der Waals surface area contributed by atoms with Gasteiger partial charge < -0.3 is 10.4 Å². The molecule has 1 aliphatic carbocycles. The van der Waals surface area contributed by atoms with Crippen LogP contribution in [0.4, 0.5) is 0 Å².